The number of hydrogen-bond acceptors (Lipinski definition) is 6. The van der Waals surface area contributed by atoms with E-state index in [0.29, 0.717) is 16.8 Å². The average molecular weight is 330 g/mol. The number of aromatic nitrogens is 2. The van der Waals surface area contributed by atoms with E-state index in [1.54, 1.807) is 22.9 Å². The van der Waals surface area contributed by atoms with E-state index in [-0.39, 0.29) is 17.5 Å². The first-order valence-corrected chi connectivity index (χ1v) is 7.98. The van der Waals surface area contributed by atoms with Crippen LogP contribution in [0.3, 0.4) is 0 Å². The lowest BCUT2D eigenvalue weighted by Crippen LogP contribution is -2.48. The highest BCUT2D eigenvalue weighted by Crippen LogP contribution is 2.39. The van der Waals surface area contributed by atoms with Crippen molar-refractivity contribution in [3.8, 4) is 5.75 Å². The van der Waals surface area contributed by atoms with Crippen LogP contribution in [-0.4, -0.2) is 51.5 Å². The highest BCUT2D eigenvalue weighted by Gasteiger charge is 2.37. The fourth-order valence-electron chi connectivity index (χ4n) is 3.92. The number of amides is 1. The van der Waals surface area contributed by atoms with E-state index in [0.717, 1.165) is 32.5 Å². The Bertz CT molecular complexity index is 823. The van der Waals surface area contributed by atoms with Gasteiger partial charge >= 0.3 is 12.1 Å². The molecule has 2 aromatic rings. The molecule has 3 saturated heterocycles. The normalized spacial score (nSPS) is 25.8. The monoisotopic (exact) mass is 330 g/mol. The lowest BCUT2D eigenvalue weighted by Gasteiger charge is -2.44. The molecule has 1 aromatic carbocycles. The number of hydrogen-bond donors (Lipinski definition) is 2. The topological polar surface area (TPSA) is 111 Å². The lowest BCUT2D eigenvalue weighted by molar-refractivity contribution is 0.0517. The lowest BCUT2D eigenvalue weighted by atomic mass is 9.84. The molecule has 8 nitrogen and oxygen atoms in total. The summed E-state index contributed by atoms with van der Waals surface area (Å²) in [7, 11) is 0. The van der Waals surface area contributed by atoms with Crippen LogP contribution in [-0.2, 0) is 4.74 Å². The third-order valence-electron chi connectivity index (χ3n) is 5.03. The van der Waals surface area contributed by atoms with E-state index >= 15 is 0 Å². The summed E-state index contributed by atoms with van der Waals surface area (Å²) < 4.78 is 6.20. The molecule has 0 saturated carbocycles. The molecule has 3 aliphatic heterocycles. The van der Waals surface area contributed by atoms with Crippen LogP contribution in [0.25, 0.3) is 10.9 Å². The van der Waals surface area contributed by atoms with Crippen LogP contribution in [0.2, 0.25) is 0 Å². The molecule has 8 heteroatoms. The van der Waals surface area contributed by atoms with Crippen LogP contribution in [0.1, 0.15) is 29.4 Å². The molecule has 3 N–H and O–H groups in total. The highest BCUT2D eigenvalue weighted by atomic mass is 16.6. The average Bonchev–Trinajstić information content (AvgIpc) is 2.96. The van der Waals surface area contributed by atoms with Gasteiger partial charge in [0.2, 0.25) is 0 Å². The highest BCUT2D eigenvalue weighted by molar-refractivity contribution is 6.06. The fraction of sp³-hybridized carbons (Fsp3) is 0.438. The Hall–Kier alpha value is -2.61. The van der Waals surface area contributed by atoms with Gasteiger partial charge in [0.25, 0.3) is 0 Å². The fourth-order valence-corrected chi connectivity index (χ4v) is 3.92. The summed E-state index contributed by atoms with van der Waals surface area (Å²) in [6, 6.07) is 4.95. The number of primary amides is 1. The molecule has 1 atom stereocenters. The number of carbonyl (C=O) groups excluding carboxylic acids is 2. The Morgan fingerprint density at radius 3 is 2.67 bits per heavy atom. The molecular formula is C16H18N4O4. The molecule has 1 amide bonds. The van der Waals surface area contributed by atoms with Crippen LogP contribution >= 0.6 is 0 Å². The van der Waals surface area contributed by atoms with E-state index in [2.05, 4.69) is 14.7 Å². The molecule has 0 spiro atoms. The summed E-state index contributed by atoms with van der Waals surface area (Å²) in [5.74, 6) is -0.398. The first-order chi connectivity index (χ1) is 11.5. The van der Waals surface area contributed by atoms with Crippen molar-refractivity contribution in [2.24, 2.45) is 11.7 Å². The third kappa shape index (κ3) is 2.30. The molecule has 0 radical (unpaired) electrons. The first-order valence-electron chi connectivity index (χ1n) is 7.98. The molecule has 2 bridgehead atoms. The van der Waals surface area contributed by atoms with Crippen LogP contribution in [0.15, 0.2) is 18.2 Å². The minimum atomic E-state index is -1.18. The molecular weight excluding hydrogens is 312 g/mol. The largest absolute Gasteiger partial charge is 0.506 e. The van der Waals surface area contributed by atoms with E-state index in [1.807, 2.05) is 0 Å². The number of fused-ring (bicyclic) bond motifs is 4. The third-order valence-corrected chi connectivity index (χ3v) is 5.03. The second-order valence-electron chi connectivity index (χ2n) is 6.38. The number of piperidine rings is 3. The number of rotatable bonds is 2. The van der Waals surface area contributed by atoms with Crippen molar-refractivity contribution in [3.05, 3.63) is 23.9 Å². The van der Waals surface area contributed by atoms with Crippen molar-refractivity contribution >= 4 is 23.0 Å². The maximum absolute atomic E-state index is 12.1. The number of nitrogens with zero attached hydrogens (tertiary/aromatic N) is 3. The van der Waals surface area contributed by atoms with Gasteiger partial charge in [-0.25, -0.2) is 9.59 Å². The van der Waals surface area contributed by atoms with Gasteiger partial charge < -0.3 is 20.5 Å². The van der Waals surface area contributed by atoms with Crippen molar-refractivity contribution in [2.75, 3.05) is 19.6 Å². The molecule has 1 aromatic heterocycles. The zero-order valence-electron chi connectivity index (χ0n) is 13.0. The van der Waals surface area contributed by atoms with E-state index in [9.17, 15) is 14.7 Å². The van der Waals surface area contributed by atoms with Crippen LogP contribution < -0.4 is 5.73 Å². The number of aromatic hydroxyl groups is 1. The van der Waals surface area contributed by atoms with Gasteiger partial charge in [0.1, 0.15) is 11.3 Å². The number of carbonyl (C=O) groups is 2. The molecule has 0 unspecified atom stereocenters. The van der Waals surface area contributed by atoms with Crippen molar-refractivity contribution in [3.63, 3.8) is 0 Å². The number of phenolic OH excluding ortho intramolecular Hbond substituents is 1. The number of para-hydroxylation sites is 1. The SMILES string of the molecule is NC(=O)OC(=O)c1nn([C@@H]2CN3CCC2CC3)c2c(O)cccc12. The molecule has 3 aliphatic rings. The maximum atomic E-state index is 12.1. The predicted octanol–water partition coefficient (Wildman–Crippen LogP) is 1.24. The molecule has 24 heavy (non-hydrogen) atoms. The van der Waals surface area contributed by atoms with Crippen molar-refractivity contribution < 1.29 is 19.4 Å². The summed E-state index contributed by atoms with van der Waals surface area (Å²) in [5.41, 5.74) is 5.42. The zero-order valence-corrected chi connectivity index (χ0v) is 13.0. The minimum Gasteiger partial charge on any atom is -0.506 e. The molecule has 3 fully saturated rings. The summed E-state index contributed by atoms with van der Waals surface area (Å²) in [5, 5.41) is 15.2. The Morgan fingerprint density at radius 2 is 2.04 bits per heavy atom. The minimum absolute atomic E-state index is 0.00357. The van der Waals surface area contributed by atoms with E-state index in [1.165, 1.54) is 0 Å². The van der Waals surface area contributed by atoms with Crippen LogP contribution in [0.5, 0.6) is 5.75 Å². The van der Waals surface area contributed by atoms with Crippen LogP contribution in [0, 0.1) is 5.92 Å². The molecule has 4 heterocycles. The number of esters is 1. The first kappa shape index (κ1) is 14.9. The van der Waals surface area contributed by atoms with Gasteiger partial charge in [0.15, 0.2) is 5.69 Å². The Morgan fingerprint density at radius 1 is 1.29 bits per heavy atom. The van der Waals surface area contributed by atoms with Gasteiger partial charge in [-0.1, -0.05) is 12.1 Å². The summed E-state index contributed by atoms with van der Waals surface area (Å²) >= 11 is 0. The van der Waals surface area contributed by atoms with E-state index < -0.39 is 12.1 Å². The van der Waals surface area contributed by atoms with Gasteiger partial charge in [-0.05, 0) is 37.9 Å². The standard InChI is InChI=1S/C16H18N4O4/c17-16(23)24-15(22)13-10-2-1-3-12(21)14(10)20(18-13)11-8-19-6-4-9(11)5-7-19/h1-3,9,11,21H,4-8H2,(H2,17,23)/t11-/m1/s1. The second-order valence-corrected chi connectivity index (χ2v) is 6.38. The molecule has 126 valence electrons. The molecule has 0 aliphatic carbocycles. The van der Waals surface area contributed by atoms with Crippen LogP contribution in [0.4, 0.5) is 4.79 Å². The van der Waals surface area contributed by atoms with Gasteiger partial charge in [0, 0.05) is 11.9 Å². The number of ether oxygens (including phenoxy) is 1. The Labute approximate surface area is 137 Å². The van der Waals surface area contributed by atoms with Gasteiger partial charge in [0.05, 0.1) is 6.04 Å². The van der Waals surface area contributed by atoms with E-state index in [4.69, 9.17) is 5.73 Å². The molecule has 5 rings (SSSR count). The number of phenols is 1. The van der Waals surface area contributed by atoms with Gasteiger partial charge in [-0.2, -0.15) is 5.10 Å². The Balaban J connectivity index is 1.83. The van der Waals surface area contributed by atoms with Gasteiger partial charge in [-0.3, -0.25) is 4.68 Å². The summed E-state index contributed by atoms with van der Waals surface area (Å²) in [6.45, 7) is 2.98. The van der Waals surface area contributed by atoms with Gasteiger partial charge in [-0.15, -0.1) is 0 Å². The summed E-state index contributed by atoms with van der Waals surface area (Å²) in [6.07, 6.45) is 0.965. The summed E-state index contributed by atoms with van der Waals surface area (Å²) in [4.78, 5) is 25.4. The second kappa shape index (κ2) is 5.48. The van der Waals surface area contributed by atoms with Crippen molar-refractivity contribution in [1.29, 1.82) is 0 Å². The maximum Gasteiger partial charge on any atom is 0.412 e. The number of benzene rings is 1. The Kier molecular flexibility index (Phi) is 3.42. The van der Waals surface area contributed by atoms with Crippen molar-refractivity contribution in [1.82, 2.24) is 14.7 Å². The predicted molar refractivity (Wildman–Crippen MR) is 84.6 cm³/mol. The number of nitrogens with two attached hydrogens (primary N) is 1. The smallest absolute Gasteiger partial charge is 0.412 e. The quantitative estimate of drug-likeness (QED) is 0.633. The van der Waals surface area contributed by atoms with Crippen molar-refractivity contribution in [2.45, 2.75) is 18.9 Å². The zero-order chi connectivity index (χ0) is 16.8.